The Labute approximate surface area is 193 Å². The van der Waals surface area contributed by atoms with Crippen molar-refractivity contribution in [2.75, 3.05) is 12.4 Å². The minimum Gasteiger partial charge on any atom is -0.463 e. The minimum atomic E-state index is -0.575. The van der Waals surface area contributed by atoms with Crippen LogP contribution in [0, 0.1) is 13.8 Å². The van der Waals surface area contributed by atoms with Gasteiger partial charge in [-0.3, -0.25) is 0 Å². The van der Waals surface area contributed by atoms with Gasteiger partial charge in [0.1, 0.15) is 0 Å². The van der Waals surface area contributed by atoms with Crippen LogP contribution in [0.3, 0.4) is 0 Å². The van der Waals surface area contributed by atoms with E-state index in [9.17, 15) is 9.59 Å². The van der Waals surface area contributed by atoms with Gasteiger partial charge in [-0.15, -0.1) is 16.4 Å². The lowest BCUT2D eigenvalue weighted by Crippen LogP contribution is -2.46. The van der Waals surface area contributed by atoms with Crippen LogP contribution < -0.4 is 10.6 Å². The van der Waals surface area contributed by atoms with E-state index in [-0.39, 0.29) is 18.4 Å². The fourth-order valence-electron chi connectivity index (χ4n) is 3.45. The molecule has 3 heterocycles. The van der Waals surface area contributed by atoms with Gasteiger partial charge in [0.15, 0.2) is 0 Å². The standard InChI is InChI=1S/C21H22N6O3S2/c1-4-30-19(28)17-14(22-20(29)23-18(17)16-6-5-9-31-16)11-32-21-24-25-26-27(21)15-8-7-12(2)10-13(15)3/h5-10,18H,4,11H2,1-3H3,(H2,22,23,29)/t18-/m1/s1. The highest BCUT2D eigenvalue weighted by atomic mass is 32.2. The summed E-state index contributed by atoms with van der Waals surface area (Å²) in [5.74, 6) is -0.183. The van der Waals surface area contributed by atoms with Gasteiger partial charge in [0.05, 0.1) is 23.9 Å². The van der Waals surface area contributed by atoms with Crippen molar-refractivity contribution in [3.8, 4) is 5.69 Å². The van der Waals surface area contributed by atoms with E-state index in [1.54, 1.807) is 11.6 Å². The number of hydrogen-bond acceptors (Lipinski definition) is 8. The Kier molecular flexibility index (Phi) is 6.56. The maximum absolute atomic E-state index is 12.8. The summed E-state index contributed by atoms with van der Waals surface area (Å²) in [6.45, 7) is 6.01. The van der Waals surface area contributed by atoms with Crippen molar-refractivity contribution in [1.29, 1.82) is 0 Å². The molecule has 0 unspecified atom stereocenters. The zero-order valence-corrected chi connectivity index (χ0v) is 19.4. The van der Waals surface area contributed by atoms with Crippen molar-refractivity contribution in [3.05, 3.63) is 63.0 Å². The first kappa shape index (κ1) is 22.0. The van der Waals surface area contributed by atoms with Crippen LogP contribution in [0.1, 0.15) is 29.0 Å². The number of aromatic nitrogens is 4. The quantitative estimate of drug-likeness (QED) is 0.403. The van der Waals surface area contributed by atoms with Crippen LogP contribution in [0.5, 0.6) is 0 Å². The van der Waals surface area contributed by atoms with Gasteiger partial charge in [-0.05, 0) is 54.3 Å². The summed E-state index contributed by atoms with van der Waals surface area (Å²) in [7, 11) is 0. The second kappa shape index (κ2) is 9.53. The number of thiophene rings is 1. The Bertz CT molecular complexity index is 1170. The van der Waals surface area contributed by atoms with Crippen LogP contribution in [0.15, 0.2) is 52.1 Å². The van der Waals surface area contributed by atoms with Crippen LogP contribution in [0.2, 0.25) is 0 Å². The molecule has 2 aromatic heterocycles. The number of carbonyl (C=O) groups excluding carboxylic acids is 2. The molecule has 0 saturated carbocycles. The van der Waals surface area contributed by atoms with E-state index in [0.717, 1.165) is 21.7 Å². The highest BCUT2D eigenvalue weighted by molar-refractivity contribution is 7.99. The van der Waals surface area contributed by atoms with Crippen LogP contribution in [-0.2, 0) is 9.53 Å². The molecule has 9 nitrogen and oxygen atoms in total. The second-order valence-corrected chi connectivity index (χ2v) is 9.03. The fraction of sp³-hybridized carbons (Fsp3) is 0.286. The third kappa shape index (κ3) is 4.53. The molecule has 4 rings (SSSR count). The largest absolute Gasteiger partial charge is 0.463 e. The van der Waals surface area contributed by atoms with Gasteiger partial charge in [-0.1, -0.05) is 35.5 Å². The fourth-order valence-corrected chi connectivity index (χ4v) is 5.09. The highest BCUT2D eigenvalue weighted by Crippen LogP contribution is 2.32. The molecule has 1 aliphatic heterocycles. The van der Waals surface area contributed by atoms with Crippen molar-refractivity contribution >= 4 is 35.1 Å². The lowest BCUT2D eigenvalue weighted by molar-refractivity contribution is -0.139. The van der Waals surface area contributed by atoms with Crippen molar-refractivity contribution in [1.82, 2.24) is 30.8 Å². The number of urea groups is 1. The summed E-state index contributed by atoms with van der Waals surface area (Å²) in [5.41, 5.74) is 3.92. The van der Waals surface area contributed by atoms with Crippen LogP contribution in [0.4, 0.5) is 4.79 Å². The topological polar surface area (TPSA) is 111 Å². The number of hydrogen-bond donors (Lipinski definition) is 2. The molecule has 0 bridgehead atoms. The summed E-state index contributed by atoms with van der Waals surface area (Å²) >= 11 is 2.79. The summed E-state index contributed by atoms with van der Waals surface area (Å²) in [4.78, 5) is 26.1. The van der Waals surface area contributed by atoms with Gasteiger partial charge in [0.2, 0.25) is 5.16 Å². The third-order valence-electron chi connectivity index (χ3n) is 4.84. The molecule has 1 aromatic carbocycles. The number of aryl methyl sites for hydroxylation is 2. The minimum absolute atomic E-state index is 0.235. The van der Waals surface area contributed by atoms with Crippen molar-refractivity contribution < 1.29 is 14.3 Å². The lowest BCUT2D eigenvalue weighted by atomic mass is 10.0. The molecular formula is C21H22N6O3S2. The molecular weight excluding hydrogens is 448 g/mol. The molecule has 166 valence electrons. The third-order valence-corrected chi connectivity index (χ3v) is 6.73. The van der Waals surface area contributed by atoms with E-state index < -0.39 is 12.0 Å². The molecule has 0 spiro atoms. The molecule has 32 heavy (non-hydrogen) atoms. The number of thioether (sulfide) groups is 1. The van der Waals surface area contributed by atoms with Crippen molar-refractivity contribution in [2.24, 2.45) is 0 Å². The Hall–Kier alpha value is -3.18. The molecule has 3 aromatic rings. The van der Waals surface area contributed by atoms with Crippen molar-refractivity contribution in [2.45, 2.75) is 32.0 Å². The Morgan fingerprint density at radius 2 is 2.16 bits per heavy atom. The predicted octanol–water partition coefficient (Wildman–Crippen LogP) is 3.30. The number of nitrogens with zero attached hydrogens (tertiary/aromatic N) is 4. The highest BCUT2D eigenvalue weighted by Gasteiger charge is 2.34. The average molecular weight is 471 g/mol. The molecule has 1 aliphatic rings. The predicted molar refractivity (Wildman–Crippen MR) is 122 cm³/mol. The van der Waals surface area contributed by atoms with Gasteiger partial charge in [-0.25, -0.2) is 9.59 Å². The van der Waals surface area contributed by atoms with E-state index in [4.69, 9.17) is 4.74 Å². The first-order valence-electron chi connectivity index (χ1n) is 9.97. The van der Waals surface area contributed by atoms with E-state index in [1.807, 2.05) is 43.5 Å². The van der Waals surface area contributed by atoms with E-state index in [0.29, 0.717) is 16.4 Å². The van der Waals surface area contributed by atoms with Crippen LogP contribution in [-0.4, -0.2) is 44.6 Å². The maximum atomic E-state index is 12.8. The number of esters is 1. The summed E-state index contributed by atoms with van der Waals surface area (Å²) in [6.07, 6.45) is 0. The molecule has 2 amide bonds. The molecule has 0 aliphatic carbocycles. The number of rotatable bonds is 7. The number of carbonyl (C=O) groups is 2. The Morgan fingerprint density at radius 3 is 2.88 bits per heavy atom. The van der Waals surface area contributed by atoms with Gasteiger partial charge in [-0.2, -0.15) is 4.68 Å². The molecule has 0 fully saturated rings. The molecule has 1 atom stereocenters. The summed E-state index contributed by atoms with van der Waals surface area (Å²) in [6, 6.07) is 8.84. The van der Waals surface area contributed by atoms with Crippen molar-refractivity contribution in [3.63, 3.8) is 0 Å². The number of nitrogens with one attached hydrogen (secondary N) is 2. The number of tetrazole rings is 1. The number of benzene rings is 1. The first-order valence-corrected chi connectivity index (χ1v) is 11.8. The SMILES string of the molecule is CCOC(=O)C1=C(CSc2nnnn2-c2ccc(C)cc2C)NC(=O)N[C@@H]1c1cccs1. The van der Waals surface area contributed by atoms with Crippen LogP contribution >= 0.6 is 23.1 Å². The van der Waals surface area contributed by atoms with Gasteiger partial charge in [0.25, 0.3) is 0 Å². The monoisotopic (exact) mass is 470 g/mol. The normalized spacial score (nSPS) is 16.0. The van der Waals surface area contributed by atoms with Gasteiger partial charge < -0.3 is 15.4 Å². The maximum Gasteiger partial charge on any atom is 0.338 e. The molecule has 0 radical (unpaired) electrons. The lowest BCUT2D eigenvalue weighted by Gasteiger charge is -2.28. The Balaban J connectivity index is 1.66. The number of ether oxygens (including phenoxy) is 1. The average Bonchev–Trinajstić information content (AvgIpc) is 3.44. The van der Waals surface area contributed by atoms with E-state index >= 15 is 0 Å². The summed E-state index contributed by atoms with van der Waals surface area (Å²) < 4.78 is 6.95. The summed E-state index contributed by atoms with van der Waals surface area (Å²) in [5, 5.41) is 20.1. The molecule has 11 heteroatoms. The zero-order chi connectivity index (χ0) is 22.7. The van der Waals surface area contributed by atoms with E-state index in [2.05, 4.69) is 32.2 Å². The smallest absolute Gasteiger partial charge is 0.338 e. The van der Waals surface area contributed by atoms with Gasteiger partial charge >= 0.3 is 12.0 Å². The Morgan fingerprint density at radius 1 is 1.31 bits per heavy atom. The molecule has 0 saturated heterocycles. The van der Waals surface area contributed by atoms with Crippen LogP contribution in [0.25, 0.3) is 5.69 Å². The number of amides is 2. The zero-order valence-electron chi connectivity index (χ0n) is 17.8. The van der Waals surface area contributed by atoms with Gasteiger partial charge in [0, 0.05) is 16.3 Å². The molecule has 2 N–H and O–H groups in total. The second-order valence-electron chi connectivity index (χ2n) is 7.11. The van der Waals surface area contributed by atoms with E-state index in [1.165, 1.54) is 23.1 Å². The first-order chi connectivity index (χ1) is 15.5.